The van der Waals surface area contributed by atoms with Crippen molar-refractivity contribution in [1.29, 1.82) is 0 Å². The Morgan fingerprint density at radius 1 is 0.930 bits per heavy atom. The molecule has 1 amide bonds. The van der Waals surface area contributed by atoms with Crippen molar-refractivity contribution in [2.45, 2.75) is 45.9 Å². The minimum absolute atomic E-state index is 0.155. The van der Waals surface area contributed by atoms with Crippen molar-refractivity contribution in [3.05, 3.63) is 75.5 Å². The molecule has 0 bridgehead atoms. The zero-order valence-corrected chi connectivity index (χ0v) is 24.5. The Balaban J connectivity index is 1.27. The molecule has 3 aromatic rings. The van der Waals surface area contributed by atoms with Gasteiger partial charge in [-0.25, -0.2) is 4.39 Å². The van der Waals surface area contributed by atoms with Crippen LogP contribution in [0.3, 0.4) is 0 Å². The topological polar surface area (TPSA) is 80.8 Å². The molecule has 2 aliphatic rings. The number of anilines is 2. The minimum Gasteiger partial charge on any atom is -0.405 e. The van der Waals surface area contributed by atoms with E-state index in [4.69, 9.17) is 5.73 Å². The Hall–Kier alpha value is -4.02. The molecule has 1 aromatic heterocycles. The Morgan fingerprint density at radius 2 is 1.56 bits per heavy atom. The molecule has 43 heavy (non-hydrogen) atoms. The Kier molecular flexibility index (Phi) is 8.45. The van der Waals surface area contributed by atoms with Crippen LogP contribution >= 0.6 is 0 Å². The molecular weight excluding hydrogens is 564 g/mol. The molecular formula is C32H36F4N4O3. The van der Waals surface area contributed by atoms with E-state index in [1.165, 1.54) is 22.8 Å². The summed E-state index contributed by atoms with van der Waals surface area (Å²) in [5.74, 6) is -0.586. The Bertz CT molecular complexity index is 1570. The van der Waals surface area contributed by atoms with Crippen LogP contribution in [-0.4, -0.2) is 47.9 Å². The lowest BCUT2D eigenvalue weighted by Crippen LogP contribution is -2.43. The Labute approximate surface area is 247 Å². The van der Waals surface area contributed by atoms with Gasteiger partial charge in [-0.05, 0) is 92.8 Å². The second-order valence-electron chi connectivity index (χ2n) is 11.6. The second kappa shape index (κ2) is 11.9. The van der Waals surface area contributed by atoms with Crippen LogP contribution in [-0.2, 0) is 7.05 Å². The van der Waals surface area contributed by atoms with Crippen LogP contribution < -0.4 is 20.9 Å². The number of carbonyl (C=O) groups excluding carboxylic acids is 1. The van der Waals surface area contributed by atoms with Gasteiger partial charge in [0, 0.05) is 56.2 Å². The predicted octanol–water partition coefficient (Wildman–Crippen LogP) is 6.06. The number of rotatable bonds is 5. The number of hydrogen-bond acceptors (Lipinski definition) is 5. The summed E-state index contributed by atoms with van der Waals surface area (Å²) in [5.41, 5.74) is 8.40. The summed E-state index contributed by atoms with van der Waals surface area (Å²) >= 11 is 0. The van der Waals surface area contributed by atoms with Crippen molar-refractivity contribution in [2.75, 3.05) is 36.8 Å². The monoisotopic (exact) mass is 600 g/mol. The number of benzene rings is 2. The lowest BCUT2D eigenvalue weighted by molar-refractivity contribution is -0.274. The third-order valence-electron chi connectivity index (χ3n) is 9.02. The summed E-state index contributed by atoms with van der Waals surface area (Å²) in [6.45, 7) is 5.72. The number of nitrogens with zero attached hydrogens (tertiary/aromatic N) is 3. The molecule has 230 valence electrons. The Morgan fingerprint density at radius 3 is 2.16 bits per heavy atom. The van der Waals surface area contributed by atoms with E-state index >= 15 is 0 Å². The van der Waals surface area contributed by atoms with Crippen LogP contribution in [0.4, 0.5) is 28.9 Å². The first-order valence-corrected chi connectivity index (χ1v) is 14.5. The number of carbonyl (C=O) groups is 1. The van der Waals surface area contributed by atoms with Gasteiger partial charge in [0.25, 0.3) is 11.5 Å². The minimum atomic E-state index is -4.99. The second-order valence-corrected chi connectivity index (χ2v) is 11.6. The molecule has 0 spiro atoms. The fraction of sp³-hybridized carbons (Fsp3) is 0.438. The van der Waals surface area contributed by atoms with Gasteiger partial charge < -0.3 is 24.8 Å². The van der Waals surface area contributed by atoms with E-state index in [1.54, 1.807) is 50.2 Å². The molecule has 0 saturated carbocycles. The van der Waals surface area contributed by atoms with Gasteiger partial charge in [-0.15, -0.1) is 13.2 Å². The highest BCUT2D eigenvalue weighted by Gasteiger charge is 2.36. The molecule has 0 radical (unpaired) electrons. The predicted molar refractivity (Wildman–Crippen MR) is 158 cm³/mol. The van der Waals surface area contributed by atoms with E-state index in [0.717, 1.165) is 38.8 Å². The molecule has 7 nitrogen and oxygen atoms in total. The summed E-state index contributed by atoms with van der Waals surface area (Å²) < 4.78 is 60.4. The van der Waals surface area contributed by atoms with E-state index in [1.807, 2.05) is 4.90 Å². The van der Waals surface area contributed by atoms with Gasteiger partial charge in [0.2, 0.25) is 0 Å². The fourth-order valence-corrected chi connectivity index (χ4v) is 6.48. The molecule has 0 unspecified atom stereocenters. The average molecular weight is 601 g/mol. The third kappa shape index (κ3) is 6.50. The van der Waals surface area contributed by atoms with E-state index in [-0.39, 0.29) is 16.9 Å². The number of hydrogen-bond donors (Lipinski definition) is 1. The van der Waals surface area contributed by atoms with Crippen LogP contribution in [0.2, 0.25) is 0 Å². The van der Waals surface area contributed by atoms with Gasteiger partial charge in [0.15, 0.2) is 0 Å². The number of piperidine rings is 2. The summed E-state index contributed by atoms with van der Waals surface area (Å²) in [6, 6.07) is 8.92. The molecule has 2 aromatic carbocycles. The van der Waals surface area contributed by atoms with E-state index in [0.29, 0.717) is 58.6 Å². The zero-order valence-electron chi connectivity index (χ0n) is 24.5. The molecule has 0 atom stereocenters. The lowest BCUT2D eigenvalue weighted by atomic mass is 9.78. The van der Waals surface area contributed by atoms with Crippen LogP contribution in [0.5, 0.6) is 5.75 Å². The largest absolute Gasteiger partial charge is 0.573 e. The standard InChI is InChI=1S/C32H36F4N4O3/c1-19-20(2)30(41)38(3)18-26(19)23-4-6-25(29(16-23)43-32(34,35)36)31(42)40-14-10-22(11-15-40)21-8-12-39(13-9-21)28-7-5-24(37)17-27(28)33/h4-7,16-18,21-22H,8-15,37H2,1-3H3. The number of aromatic nitrogens is 1. The third-order valence-corrected chi connectivity index (χ3v) is 9.02. The fourth-order valence-electron chi connectivity index (χ4n) is 6.48. The van der Waals surface area contributed by atoms with Crippen molar-refractivity contribution in [2.24, 2.45) is 18.9 Å². The van der Waals surface area contributed by atoms with Crippen molar-refractivity contribution in [3.63, 3.8) is 0 Å². The van der Waals surface area contributed by atoms with Gasteiger partial charge in [-0.1, -0.05) is 6.07 Å². The summed E-state index contributed by atoms with van der Waals surface area (Å²) in [6.07, 6.45) is -0.123. The number of amides is 1. The molecule has 2 fully saturated rings. The number of ether oxygens (including phenoxy) is 1. The number of nitrogens with two attached hydrogens (primary N) is 1. The average Bonchev–Trinajstić information content (AvgIpc) is 2.97. The van der Waals surface area contributed by atoms with E-state index in [9.17, 15) is 27.2 Å². The van der Waals surface area contributed by atoms with Crippen molar-refractivity contribution >= 4 is 17.3 Å². The first-order valence-electron chi connectivity index (χ1n) is 14.5. The van der Waals surface area contributed by atoms with Gasteiger partial charge in [0.05, 0.1) is 11.3 Å². The number of pyridine rings is 1. The molecule has 5 rings (SSSR count). The molecule has 0 aliphatic carbocycles. The number of likely N-dealkylation sites (tertiary alicyclic amines) is 1. The molecule has 11 heteroatoms. The first kappa shape index (κ1) is 30.4. The maximum atomic E-state index is 14.4. The number of nitrogen functional groups attached to an aromatic ring is 1. The van der Waals surface area contributed by atoms with Crippen LogP contribution in [0.15, 0.2) is 47.4 Å². The van der Waals surface area contributed by atoms with Gasteiger partial charge in [-0.3, -0.25) is 9.59 Å². The van der Waals surface area contributed by atoms with Crippen molar-refractivity contribution in [3.8, 4) is 16.9 Å². The van der Waals surface area contributed by atoms with Crippen molar-refractivity contribution in [1.82, 2.24) is 9.47 Å². The quantitative estimate of drug-likeness (QED) is 0.285. The smallest absolute Gasteiger partial charge is 0.405 e. The summed E-state index contributed by atoms with van der Waals surface area (Å²) in [5, 5.41) is 0. The van der Waals surface area contributed by atoms with Gasteiger partial charge in [0.1, 0.15) is 11.6 Å². The van der Waals surface area contributed by atoms with Crippen LogP contribution in [0.25, 0.3) is 11.1 Å². The van der Waals surface area contributed by atoms with E-state index < -0.39 is 18.0 Å². The van der Waals surface area contributed by atoms with E-state index in [2.05, 4.69) is 4.74 Å². The molecule has 2 saturated heterocycles. The summed E-state index contributed by atoms with van der Waals surface area (Å²) in [7, 11) is 1.58. The molecule has 2 N–H and O–H groups in total. The van der Waals surface area contributed by atoms with Gasteiger partial charge in [-0.2, -0.15) is 0 Å². The maximum absolute atomic E-state index is 14.4. The van der Waals surface area contributed by atoms with Crippen LogP contribution in [0.1, 0.15) is 47.2 Å². The number of alkyl halides is 3. The SMILES string of the molecule is Cc1c(-c2ccc(C(=O)N3CCC(C4CCN(c5ccc(N)cc5F)CC4)CC3)c(OC(F)(F)F)c2)cn(C)c(=O)c1C. The molecule has 2 aliphatic heterocycles. The normalized spacial score (nSPS) is 16.9. The maximum Gasteiger partial charge on any atom is 0.573 e. The summed E-state index contributed by atoms with van der Waals surface area (Å²) in [4.78, 5) is 29.4. The first-order chi connectivity index (χ1) is 20.3. The number of halogens is 4. The van der Waals surface area contributed by atoms with Crippen LogP contribution in [0, 0.1) is 31.5 Å². The number of aryl methyl sites for hydroxylation is 1. The lowest BCUT2D eigenvalue weighted by Gasteiger charge is -2.41. The highest BCUT2D eigenvalue weighted by molar-refractivity contribution is 5.98. The molecule has 3 heterocycles. The highest BCUT2D eigenvalue weighted by atomic mass is 19.4. The van der Waals surface area contributed by atoms with Gasteiger partial charge >= 0.3 is 6.36 Å². The zero-order chi connectivity index (χ0) is 31.1. The van der Waals surface area contributed by atoms with Crippen molar-refractivity contribution < 1.29 is 27.1 Å². The highest BCUT2D eigenvalue weighted by Crippen LogP contribution is 2.37.